The van der Waals surface area contributed by atoms with Crippen LogP contribution in [0.15, 0.2) is 24.3 Å². The maximum atomic E-state index is 10.6. The second-order valence-corrected chi connectivity index (χ2v) is 6.27. The van der Waals surface area contributed by atoms with E-state index in [2.05, 4.69) is 24.3 Å². The highest BCUT2D eigenvalue weighted by molar-refractivity contribution is 5.25. The molecular weight excluding hydrogens is 236 g/mol. The summed E-state index contributed by atoms with van der Waals surface area (Å²) in [4.78, 5) is 0. The van der Waals surface area contributed by atoms with E-state index in [0.717, 1.165) is 30.4 Å². The van der Waals surface area contributed by atoms with E-state index in [1.54, 1.807) is 7.11 Å². The van der Waals surface area contributed by atoms with Crippen LogP contribution in [-0.4, -0.2) is 18.8 Å². The summed E-state index contributed by atoms with van der Waals surface area (Å²) in [6.07, 6.45) is 6.00. The predicted molar refractivity (Wildman–Crippen MR) is 75.9 cm³/mol. The van der Waals surface area contributed by atoms with Crippen LogP contribution in [0, 0.1) is 17.8 Å². The molecule has 0 radical (unpaired) electrons. The normalized spacial score (nSPS) is 30.7. The summed E-state index contributed by atoms with van der Waals surface area (Å²) in [6, 6.07) is 8.46. The molecule has 2 saturated carbocycles. The molecule has 4 atom stereocenters. The van der Waals surface area contributed by atoms with E-state index in [1.807, 2.05) is 0 Å². The fraction of sp³-hybridized carbons (Fsp3) is 0.647. The maximum absolute atomic E-state index is 10.6. The molecule has 0 amide bonds. The van der Waals surface area contributed by atoms with Crippen molar-refractivity contribution in [2.24, 2.45) is 17.8 Å². The van der Waals surface area contributed by atoms with Crippen LogP contribution < -0.4 is 0 Å². The lowest BCUT2D eigenvalue weighted by molar-refractivity contribution is 0.0745. The van der Waals surface area contributed by atoms with Gasteiger partial charge in [-0.15, -0.1) is 0 Å². The van der Waals surface area contributed by atoms with Gasteiger partial charge in [-0.25, -0.2) is 0 Å². The topological polar surface area (TPSA) is 29.5 Å². The minimum atomic E-state index is -0.258. The second-order valence-electron chi connectivity index (χ2n) is 6.27. The van der Waals surface area contributed by atoms with Crippen molar-refractivity contribution in [1.29, 1.82) is 0 Å². The monoisotopic (exact) mass is 260 g/mol. The maximum Gasteiger partial charge on any atom is 0.0820 e. The highest BCUT2D eigenvalue weighted by Crippen LogP contribution is 2.52. The molecule has 0 saturated heterocycles. The van der Waals surface area contributed by atoms with Gasteiger partial charge in [-0.3, -0.25) is 0 Å². The van der Waals surface area contributed by atoms with Crippen LogP contribution in [0.2, 0.25) is 0 Å². The van der Waals surface area contributed by atoms with E-state index in [9.17, 15) is 5.11 Å². The Morgan fingerprint density at radius 1 is 1.21 bits per heavy atom. The molecule has 2 nitrogen and oxygen atoms in total. The Bertz CT molecular complexity index is 412. The number of fused-ring (bicyclic) bond motifs is 2. The minimum absolute atomic E-state index is 0.258. The van der Waals surface area contributed by atoms with E-state index in [0.29, 0.717) is 5.92 Å². The number of rotatable bonds is 5. The van der Waals surface area contributed by atoms with Crippen LogP contribution in [0.3, 0.4) is 0 Å². The highest BCUT2D eigenvalue weighted by atomic mass is 16.5. The third-order valence-electron chi connectivity index (χ3n) is 5.11. The summed E-state index contributed by atoms with van der Waals surface area (Å²) in [5.41, 5.74) is 2.38. The Morgan fingerprint density at radius 2 is 2.00 bits per heavy atom. The average Bonchev–Trinajstić information content (AvgIpc) is 3.07. The quantitative estimate of drug-likeness (QED) is 0.879. The molecule has 2 bridgehead atoms. The first-order chi connectivity index (χ1) is 9.28. The van der Waals surface area contributed by atoms with Gasteiger partial charge >= 0.3 is 0 Å². The fourth-order valence-electron chi connectivity index (χ4n) is 4.03. The SMILES string of the molecule is COCCc1ccc(C(O)C2CC3CCC2C3)cc1. The van der Waals surface area contributed by atoms with E-state index in [-0.39, 0.29) is 6.10 Å². The summed E-state index contributed by atoms with van der Waals surface area (Å²) in [5, 5.41) is 10.6. The van der Waals surface area contributed by atoms with Gasteiger partial charge in [0.05, 0.1) is 12.7 Å². The van der Waals surface area contributed by atoms with Crippen LogP contribution in [0.4, 0.5) is 0 Å². The average molecular weight is 260 g/mol. The largest absolute Gasteiger partial charge is 0.388 e. The summed E-state index contributed by atoms with van der Waals surface area (Å²) in [6.45, 7) is 0.758. The summed E-state index contributed by atoms with van der Waals surface area (Å²) < 4.78 is 5.09. The van der Waals surface area contributed by atoms with Gasteiger partial charge in [0.25, 0.3) is 0 Å². The van der Waals surface area contributed by atoms with Gasteiger partial charge in [-0.05, 0) is 54.6 Å². The third kappa shape index (κ3) is 2.70. The van der Waals surface area contributed by atoms with E-state index >= 15 is 0 Å². The molecule has 2 aliphatic rings. The van der Waals surface area contributed by atoms with Crippen LogP contribution in [-0.2, 0) is 11.2 Å². The number of ether oxygens (including phenoxy) is 1. The standard InChI is InChI=1S/C17H24O2/c1-19-9-8-12-2-5-14(6-3-12)17(18)16-11-13-4-7-15(16)10-13/h2-3,5-6,13,15-18H,4,7-11H2,1H3. The van der Waals surface area contributed by atoms with E-state index in [1.165, 1.54) is 31.2 Å². The lowest BCUT2D eigenvalue weighted by atomic mass is 9.82. The Kier molecular flexibility index (Phi) is 3.90. The molecule has 2 heteroatoms. The van der Waals surface area contributed by atoms with Crippen molar-refractivity contribution in [2.75, 3.05) is 13.7 Å². The van der Waals surface area contributed by atoms with Crippen molar-refractivity contribution < 1.29 is 9.84 Å². The van der Waals surface area contributed by atoms with Gasteiger partial charge in [0, 0.05) is 7.11 Å². The van der Waals surface area contributed by atoms with Crippen molar-refractivity contribution in [3.05, 3.63) is 35.4 Å². The second kappa shape index (κ2) is 5.64. The molecule has 2 aliphatic carbocycles. The number of hydrogen-bond donors (Lipinski definition) is 1. The molecule has 3 rings (SSSR count). The van der Waals surface area contributed by atoms with Crippen molar-refractivity contribution in [3.8, 4) is 0 Å². The first kappa shape index (κ1) is 13.1. The highest BCUT2D eigenvalue weighted by Gasteiger charge is 2.42. The zero-order valence-corrected chi connectivity index (χ0v) is 11.7. The lowest BCUT2D eigenvalue weighted by Gasteiger charge is -2.27. The van der Waals surface area contributed by atoms with Crippen LogP contribution in [0.5, 0.6) is 0 Å². The first-order valence-electron chi connectivity index (χ1n) is 7.53. The fourth-order valence-corrected chi connectivity index (χ4v) is 4.03. The van der Waals surface area contributed by atoms with Crippen LogP contribution in [0.25, 0.3) is 0 Å². The van der Waals surface area contributed by atoms with Crippen molar-refractivity contribution in [1.82, 2.24) is 0 Å². The zero-order chi connectivity index (χ0) is 13.2. The Balaban J connectivity index is 1.65. The van der Waals surface area contributed by atoms with Gasteiger partial charge in [0.2, 0.25) is 0 Å². The number of methoxy groups -OCH3 is 1. The zero-order valence-electron chi connectivity index (χ0n) is 11.7. The molecule has 19 heavy (non-hydrogen) atoms. The molecule has 0 aromatic heterocycles. The van der Waals surface area contributed by atoms with Crippen molar-refractivity contribution in [3.63, 3.8) is 0 Å². The Morgan fingerprint density at radius 3 is 2.58 bits per heavy atom. The first-order valence-corrected chi connectivity index (χ1v) is 7.53. The summed E-state index contributed by atoms with van der Waals surface area (Å²) in [7, 11) is 1.73. The summed E-state index contributed by atoms with van der Waals surface area (Å²) >= 11 is 0. The van der Waals surface area contributed by atoms with Gasteiger partial charge in [-0.2, -0.15) is 0 Å². The molecule has 0 spiro atoms. The minimum Gasteiger partial charge on any atom is -0.388 e. The molecule has 104 valence electrons. The predicted octanol–water partition coefficient (Wildman–Crippen LogP) is 3.35. The molecule has 1 aromatic carbocycles. The number of benzene rings is 1. The summed E-state index contributed by atoms with van der Waals surface area (Å²) in [5.74, 6) is 2.17. The van der Waals surface area contributed by atoms with Gasteiger partial charge in [0.15, 0.2) is 0 Å². The smallest absolute Gasteiger partial charge is 0.0820 e. The number of aliphatic hydroxyl groups excluding tert-OH is 1. The molecular formula is C17H24O2. The molecule has 2 fully saturated rings. The lowest BCUT2D eigenvalue weighted by Crippen LogP contribution is -2.19. The van der Waals surface area contributed by atoms with Gasteiger partial charge in [0.1, 0.15) is 0 Å². The molecule has 4 unspecified atom stereocenters. The van der Waals surface area contributed by atoms with E-state index in [4.69, 9.17) is 4.74 Å². The van der Waals surface area contributed by atoms with Gasteiger partial charge < -0.3 is 9.84 Å². The van der Waals surface area contributed by atoms with Gasteiger partial charge in [-0.1, -0.05) is 30.7 Å². The Labute approximate surface area is 115 Å². The third-order valence-corrected chi connectivity index (χ3v) is 5.11. The Hall–Kier alpha value is -0.860. The van der Waals surface area contributed by atoms with E-state index < -0.39 is 0 Å². The molecule has 1 aromatic rings. The molecule has 0 aliphatic heterocycles. The van der Waals surface area contributed by atoms with Crippen LogP contribution in [0.1, 0.15) is 42.9 Å². The number of aliphatic hydroxyl groups is 1. The van der Waals surface area contributed by atoms with Crippen molar-refractivity contribution in [2.45, 2.75) is 38.2 Å². The van der Waals surface area contributed by atoms with Crippen molar-refractivity contribution >= 4 is 0 Å². The molecule has 0 heterocycles. The number of hydrogen-bond acceptors (Lipinski definition) is 2. The van der Waals surface area contributed by atoms with Crippen LogP contribution >= 0.6 is 0 Å². The molecule has 1 N–H and O–H groups in total.